The van der Waals surface area contributed by atoms with Gasteiger partial charge in [0.15, 0.2) is 5.03 Å². The lowest BCUT2D eigenvalue weighted by molar-refractivity contribution is 0.231. The van der Waals surface area contributed by atoms with Gasteiger partial charge >= 0.3 is 0 Å². The SMILES string of the molecule is CC1NCCN(S(=O)(=O)c2c(Cl)cnn2C)C1C. The maximum atomic E-state index is 12.6. The predicted molar refractivity (Wildman–Crippen MR) is 69.0 cm³/mol. The highest BCUT2D eigenvalue weighted by atomic mass is 35.5. The number of rotatable bonds is 2. The van der Waals surface area contributed by atoms with Crippen molar-refractivity contribution >= 4 is 21.6 Å². The molecule has 0 bridgehead atoms. The van der Waals surface area contributed by atoms with Crippen molar-refractivity contribution in [1.82, 2.24) is 19.4 Å². The molecule has 0 radical (unpaired) electrons. The van der Waals surface area contributed by atoms with Gasteiger partial charge in [-0.15, -0.1) is 0 Å². The number of aryl methyl sites for hydroxylation is 1. The Labute approximate surface area is 112 Å². The molecule has 1 saturated heterocycles. The van der Waals surface area contributed by atoms with E-state index >= 15 is 0 Å². The van der Waals surface area contributed by atoms with Crippen molar-refractivity contribution in [3.63, 3.8) is 0 Å². The molecule has 102 valence electrons. The first-order chi connectivity index (χ1) is 8.35. The number of piperazine rings is 1. The van der Waals surface area contributed by atoms with Crippen molar-refractivity contribution in [2.45, 2.75) is 31.0 Å². The van der Waals surface area contributed by atoms with Crippen LogP contribution in [-0.4, -0.2) is 47.7 Å². The number of hydrogen-bond donors (Lipinski definition) is 1. The molecule has 1 aliphatic heterocycles. The lowest BCUT2D eigenvalue weighted by atomic mass is 10.1. The average Bonchev–Trinajstić information content (AvgIpc) is 2.62. The molecule has 0 amide bonds. The minimum absolute atomic E-state index is 0.0603. The molecule has 8 heteroatoms. The smallest absolute Gasteiger partial charge is 0.262 e. The number of hydrogen-bond acceptors (Lipinski definition) is 4. The van der Waals surface area contributed by atoms with Crippen LogP contribution in [0.25, 0.3) is 0 Å². The number of aromatic nitrogens is 2. The van der Waals surface area contributed by atoms with Gasteiger partial charge in [-0.05, 0) is 13.8 Å². The van der Waals surface area contributed by atoms with Gasteiger partial charge in [0.25, 0.3) is 10.0 Å². The minimum atomic E-state index is -3.60. The maximum absolute atomic E-state index is 12.6. The Morgan fingerprint density at radius 3 is 2.72 bits per heavy atom. The monoisotopic (exact) mass is 292 g/mol. The second-order valence-electron chi connectivity index (χ2n) is 4.52. The summed E-state index contributed by atoms with van der Waals surface area (Å²) in [6.07, 6.45) is 1.35. The Balaban J connectivity index is 2.43. The third-order valence-electron chi connectivity index (χ3n) is 3.37. The molecule has 1 fully saturated rings. The quantitative estimate of drug-likeness (QED) is 0.859. The maximum Gasteiger partial charge on any atom is 0.262 e. The van der Waals surface area contributed by atoms with Gasteiger partial charge in [0, 0.05) is 32.2 Å². The summed E-state index contributed by atoms with van der Waals surface area (Å²) in [6, 6.07) is -0.00440. The first-order valence-electron chi connectivity index (χ1n) is 5.78. The molecule has 2 unspecified atom stereocenters. The zero-order valence-electron chi connectivity index (χ0n) is 10.6. The molecule has 1 aromatic rings. The second-order valence-corrected chi connectivity index (χ2v) is 6.73. The topological polar surface area (TPSA) is 67.2 Å². The van der Waals surface area contributed by atoms with Crippen LogP contribution in [0.15, 0.2) is 11.2 Å². The molecular formula is C10H17ClN4O2S. The van der Waals surface area contributed by atoms with Crippen LogP contribution in [-0.2, 0) is 17.1 Å². The fourth-order valence-electron chi connectivity index (χ4n) is 2.17. The van der Waals surface area contributed by atoms with Crippen LogP contribution in [0.5, 0.6) is 0 Å². The Bertz CT molecular complexity index is 523. The fraction of sp³-hybridized carbons (Fsp3) is 0.700. The van der Waals surface area contributed by atoms with E-state index in [0.717, 1.165) is 0 Å². The summed E-state index contributed by atoms with van der Waals surface area (Å²) in [6.45, 7) is 4.94. The first kappa shape index (κ1) is 13.8. The van der Waals surface area contributed by atoms with Crippen LogP contribution in [0.2, 0.25) is 5.02 Å². The van der Waals surface area contributed by atoms with E-state index in [0.29, 0.717) is 13.1 Å². The predicted octanol–water partition coefficient (Wildman–Crippen LogP) is 0.444. The summed E-state index contributed by atoms with van der Waals surface area (Å²) in [7, 11) is -2.02. The summed E-state index contributed by atoms with van der Waals surface area (Å²) in [4.78, 5) is 0. The molecule has 0 spiro atoms. The first-order valence-corrected chi connectivity index (χ1v) is 7.60. The van der Waals surface area contributed by atoms with Crippen LogP contribution in [0.3, 0.4) is 0 Å². The lowest BCUT2D eigenvalue weighted by Gasteiger charge is -2.37. The van der Waals surface area contributed by atoms with Crippen LogP contribution < -0.4 is 5.32 Å². The van der Waals surface area contributed by atoms with E-state index in [1.54, 1.807) is 7.05 Å². The largest absolute Gasteiger partial charge is 0.311 e. The van der Waals surface area contributed by atoms with Gasteiger partial charge in [-0.3, -0.25) is 4.68 Å². The lowest BCUT2D eigenvalue weighted by Crippen LogP contribution is -2.57. The molecule has 1 aromatic heterocycles. The standard InChI is InChI=1S/C10H17ClN4O2S/c1-7-8(2)15(5-4-12-7)18(16,17)10-9(11)6-13-14(10)3/h6-8,12H,4-5H2,1-3H3. The van der Waals surface area contributed by atoms with Gasteiger partial charge in [0.2, 0.25) is 0 Å². The normalized spacial score (nSPS) is 26.4. The molecule has 0 aliphatic carbocycles. The van der Waals surface area contributed by atoms with E-state index in [4.69, 9.17) is 11.6 Å². The number of halogens is 1. The molecule has 2 heterocycles. The van der Waals surface area contributed by atoms with Gasteiger partial charge in [-0.25, -0.2) is 8.42 Å². The van der Waals surface area contributed by atoms with E-state index in [9.17, 15) is 8.42 Å². The minimum Gasteiger partial charge on any atom is -0.311 e. The van der Waals surface area contributed by atoms with E-state index < -0.39 is 10.0 Å². The van der Waals surface area contributed by atoms with E-state index in [1.165, 1.54) is 15.2 Å². The molecule has 18 heavy (non-hydrogen) atoms. The highest BCUT2D eigenvalue weighted by Crippen LogP contribution is 2.26. The van der Waals surface area contributed by atoms with Gasteiger partial charge < -0.3 is 5.32 Å². The second kappa shape index (κ2) is 4.80. The number of nitrogens with one attached hydrogen (secondary N) is 1. The molecule has 6 nitrogen and oxygen atoms in total. The van der Waals surface area contributed by atoms with Gasteiger partial charge in [0.1, 0.15) is 0 Å². The molecule has 1 aliphatic rings. The van der Waals surface area contributed by atoms with Crippen molar-refractivity contribution in [1.29, 1.82) is 0 Å². The fourth-order valence-corrected chi connectivity index (χ4v) is 4.48. The molecule has 2 rings (SSSR count). The van der Waals surface area contributed by atoms with Crippen LogP contribution in [0.1, 0.15) is 13.8 Å². The molecule has 0 aromatic carbocycles. The molecule has 1 N–H and O–H groups in total. The number of nitrogens with zero attached hydrogens (tertiary/aromatic N) is 3. The summed E-state index contributed by atoms with van der Waals surface area (Å²) in [5, 5.41) is 7.35. The zero-order valence-corrected chi connectivity index (χ0v) is 12.2. The van der Waals surface area contributed by atoms with Gasteiger partial charge in [-0.1, -0.05) is 11.6 Å². The van der Waals surface area contributed by atoms with Crippen molar-refractivity contribution in [2.75, 3.05) is 13.1 Å². The van der Waals surface area contributed by atoms with Crippen molar-refractivity contribution in [3.8, 4) is 0 Å². The van der Waals surface area contributed by atoms with E-state index in [1.807, 2.05) is 13.8 Å². The average molecular weight is 293 g/mol. The van der Waals surface area contributed by atoms with E-state index in [-0.39, 0.29) is 22.1 Å². The Morgan fingerprint density at radius 1 is 1.50 bits per heavy atom. The zero-order chi connectivity index (χ0) is 13.5. The van der Waals surface area contributed by atoms with Gasteiger partial charge in [-0.2, -0.15) is 9.40 Å². The van der Waals surface area contributed by atoms with Crippen molar-refractivity contribution in [3.05, 3.63) is 11.2 Å². The molecule has 2 atom stereocenters. The van der Waals surface area contributed by atoms with E-state index in [2.05, 4.69) is 10.4 Å². The summed E-state index contributed by atoms with van der Waals surface area (Å²) >= 11 is 5.93. The Hall–Kier alpha value is -0.630. The summed E-state index contributed by atoms with van der Waals surface area (Å²) < 4.78 is 28.0. The van der Waals surface area contributed by atoms with Gasteiger partial charge in [0.05, 0.1) is 11.2 Å². The molecule has 0 saturated carbocycles. The van der Waals surface area contributed by atoms with Crippen LogP contribution >= 0.6 is 11.6 Å². The third kappa shape index (κ3) is 2.16. The molecular weight excluding hydrogens is 276 g/mol. The summed E-state index contributed by atoms with van der Waals surface area (Å²) in [5.41, 5.74) is 0. The van der Waals surface area contributed by atoms with Crippen LogP contribution in [0.4, 0.5) is 0 Å². The third-order valence-corrected chi connectivity index (χ3v) is 5.87. The number of sulfonamides is 1. The Morgan fingerprint density at radius 2 is 2.17 bits per heavy atom. The Kier molecular flexibility index (Phi) is 3.68. The van der Waals surface area contributed by atoms with Crippen molar-refractivity contribution in [2.24, 2.45) is 7.05 Å². The van der Waals surface area contributed by atoms with Crippen LogP contribution in [0, 0.1) is 0 Å². The van der Waals surface area contributed by atoms with Crippen molar-refractivity contribution < 1.29 is 8.42 Å². The highest BCUT2D eigenvalue weighted by molar-refractivity contribution is 7.89. The highest BCUT2D eigenvalue weighted by Gasteiger charge is 2.37. The summed E-state index contributed by atoms with van der Waals surface area (Å²) in [5.74, 6) is 0.